The van der Waals surface area contributed by atoms with Crippen molar-refractivity contribution in [3.05, 3.63) is 0 Å². The van der Waals surface area contributed by atoms with E-state index in [4.69, 9.17) is 0 Å². The maximum Gasteiger partial charge on any atom is 0.323 e. The molecule has 0 aromatic rings. The minimum Gasteiger partial charge on any atom is -0.263 e. The highest BCUT2D eigenvalue weighted by Crippen LogP contribution is 2.22. The van der Waals surface area contributed by atoms with E-state index in [2.05, 4.69) is 0 Å². The molecule has 0 aromatic heterocycles. The second kappa shape index (κ2) is 3.89. The molecule has 1 rings (SSSR count). The molecule has 0 saturated heterocycles. The van der Waals surface area contributed by atoms with Crippen molar-refractivity contribution < 1.29 is 13.2 Å². The molecule has 1 saturated carbocycles. The molecule has 0 unspecified atom stereocenters. The fourth-order valence-corrected chi connectivity index (χ4v) is 2.75. The van der Waals surface area contributed by atoms with E-state index in [0.717, 1.165) is 19.3 Å². The first kappa shape index (κ1) is 9.51. The predicted molar refractivity (Wildman–Crippen MR) is 44.6 cm³/mol. The van der Waals surface area contributed by atoms with Crippen LogP contribution < -0.4 is 4.72 Å². The third kappa shape index (κ3) is 2.20. The average molecular weight is 190 g/mol. The highest BCUT2D eigenvalue weighted by atomic mass is 32.2. The molecule has 1 radical (unpaired) electrons. The minimum absolute atomic E-state index is 0.382. The van der Waals surface area contributed by atoms with Gasteiger partial charge in [-0.25, -0.2) is 13.1 Å². The Hall–Kier alpha value is -0.580. The molecule has 0 aromatic carbocycles. The van der Waals surface area contributed by atoms with E-state index in [1.54, 1.807) is 4.72 Å². The van der Waals surface area contributed by atoms with E-state index in [1.165, 1.54) is 6.41 Å². The fourth-order valence-electron chi connectivity index (χ4n) is 1.52. The van der Waals surface area contributed by atoms with Gasteiger partial charge in [0.15, 0.2) is 0 Å². The predicted octanol–water partition coefficient (Wildman–Crippen LogP) is 0.306. The van der Waals surface area contributed by atoms with E-state index in [9.17, 15) is 13.2 Å². The van der Waals surface area contributed by atoms with Crippen molar-refractivity contribution >= 4 is 16.4 Å². The van der Waals surface area contributed by atoms with Crippen molar-refractivity contribution in [2.24, 2.45) is 0 Å². The number of rotatable bonds is 3. The van der Waals surface area contributed by atoms with Crippen molar-refractivity contribution in [3.8, 4) is 0 Å². The summed E-state index contributed by atoms with van der Waals surface area (Å²) in [5.41, 5.74) is 0. The Labute approximate surface area is 72.4 Å². The zero-order valence-corrected chi connectivity index (χ0v) is 7.56. The van der Waals surface area contributed by atoms with Gasteiger partial charge in [-0.1, -0.05) is 19.3 Å². The van der Waals surface area contributed by atoms with Gasteiger partial charge in [-0.2, -0.15) is 0 Å². The van der Waals surface area contributed by atoms with E-state index in [-0.39, 0.29) is 5.25 Å². The highest BCUT2D eigenvalue weighted by Gasteiger charge is 2.26. The Kier molecular flexibility index (Phi) is 3.08. The monoisotopic (exact) mass is 190 g/mol. The van der Waals surface area contributed by atoms with Crippen LogP contribution >= 0.6 is 0 Å². The van der Waals surface area contributed by atoms with Crippen molar-refractivity contribution in [3.63, 3.8) is 0 Å². The van der Waals surface area contributed by atoms with Gasteiger partial charge in [-0.05, 0) is 12.8 Å². The number of hydrogen-bond donors (Lipinski definition) is 1. The molecular formula is C7H12NO3S. The van der Waals surface area contributed by atoms with Gasteiger partial charge < -0.3 is 0 Å². The molecule has 1 aliphatic carbocycles. The van der Waals surface area contributed by atoms with E-state index in [0.29, 0.717) is 12.8 Å². The summed E-state index contributed by atoms with van der Waals surface area (Å²) in [4.78, 5) is 9.85. The summed E-state index contributed by atoms with van der Waals surface area (Å²) in [5, 5.41) is -0.382. The lowest BCUT2D eigenvalue weighted by molar-refractivity contribution is 0.480. The number of carbonyl (C=O) groups excluding carboxylic acids is 1. The summed E-state index contributed by atoms with van der Waals surface area (Å²) in [5.74, 6) is 0. The zero-order chi connectivity index (χ0) is 9.03. The van der Waals surface area contributed by atoms with Crippen LogP contribution in [0.25, 0.3) is 0 Å². The lowest BCUT2D eigenvalue weighted by Gasteiger charge is -2.20. The van der Waals surface area contributed by atoms with Crippen LogP contribution in [0, 0.1) is 0 Å². The summed E-state index contributed by atoms with van der Waals surface area (Å²) in [6.07, 6.45) is 5.51. The quantitative estimate of drug-likeness (QED) is 0.651. The average Bonchev–Trinajstić information content (AvgIpc) is 2.06. The van der Waals surface area contributed by atoms with Crippen LogP contribution in [0.2, 0.25) is 0 Å². The molecule has 12 heavy (non-hydrogen) atoms. The molecule has 0 heterocycles. The first-order valence-electron chi connectivity index (χ1n) is 4.04. The molecule has 5 heteroatoms. The van der Waals surface area contributed by atoms with Gasteiger partial charge in [0, 0.05) is 0 Å². The van der Waals surface area contributed by atoms with E-state index in [1.807, 2.05) is 0 Å². The molecule has 0 bridgehead atoms. The van der Waals surface area contributed by atoms with Gasteiger partial charge >= 0.3 is 6.41 Å². The molecule has 0 atom stereocenters. The summed E-state index contributed by atoms with van der Waals surface area (Å²) < 4.78 is 24.2. The van der Waals surface area contributed by atoms with Crippen LogP contribution in [0.5, 0.6) is 0 Å². The molecule has 1 amide bonds. The first-order valence-corrected chi connectivity index (χ1v) is 5.59. The number of sulfonamides is 1. The van der Waals surface area contributed by atoms with Gasteiger partial charge in [0.2, 0.25) is 10.0 Å². The normalized spacial score (nSPS) is 20.3. The Bertz CT molecular complexity index is 241. The lowest BCUT2D eigenvalue weighted by Crippen LogP contribution is -2.34. The molecule has 4 nitrogen and oxygen atoms in total. The lowest BCUT2D eigenvalue weighted by atomic mass is 10.0. The summed E-state index contributed by atoms with van der Waals surface area (Å²) in [6, 6.07) is 0. The van der Waals surface area contributed by atoms with Crippen LogP contribution in [-0.2, 0) is 14.8 Å². The van der Waals surface area contributed by atoms with Crippen molar-refractivity contribution in [1.29, 1.82) is 0 Å². The molecular weight excluding hydrogens is 178 g/mol. The van der Waals surface area contributed by atoms with Gasteiger partial charge in [-0.3, -0.25) is 4.79 Å². The second-order valence-electron chi connectivity index (χ2n) is 3.01. The van der Waals surface area contributed by atoms with Crippen LogP contribution in [0.15, 0.2) is 0 Å². The summed E-state index contributed by atoms with van der Waals surface area (Å²) in [7, 11) is -3.41. The zero-order valence-electron chi connectivity index (χ0n) is 6.75. The Morgan fingerprint density at radius 2 is 1.75 bits per heavy atom. The van der Waals surface area contributed by atoms with Crippen molar-refractivity contribution in [2.75, 3.05) is 0 Å². The third-order valence-corrected chi connectivity index (χ3v) is 3.89. The topological polar surface area (TPSA) is 63.2 Å². The van der Waals surface area contributed by atoms with E-state index >= 15 is 0 Å². The SMILES string of the molecule is O=[C]NS(=O)(=O)C1CCCCC1. The van der Waals surface area contributed by atoms with Crippen molar-refractivity contribution in [2.45, 2.75) is 37.4 Å². The molecule has 0 aliphatic heterocycles. The Balaban J connectivity index is 2.60. The molecule has 1 N–H and O–H groups in total. The second-order valence-corrected chi connectivity index (χ2v) is 4.97. The van der Waals surface area contributed by atoms with Gasteiger partial charge in [0.05, 0.1) is 5.25 Å². The van der Waals surface area contributed by atoms with Crippen LogP contribution in [0.3, 0.4) is 0 Å². The first-order chi connectivity index (χ1) is 5.67. The van der Waals surface area contributed by atoms with Crippen LogP contribution in [-0.4, -0.2) is 20.1 Å². The van der Waals surface area contributed by atoms with Crippen molar-refractivity contribution in [1.82, 2.24) is 4.72 Å². The fraction of sp³-hybridized carbons (Fsp3) is 0.857. The third-order valence-electron chi connectivity index (χ3n) is 2.17. The minimum atomic E-state index is -3.41. The largest absolute Gasteiger partial charge is 0.323 e. The summed E-state index contributed by atoms with van der Waals surface area (Å²) >= 11 is 0. The standard InChI is InChI=1S/C7H12NO3S/c9-6-8-12(10,11)7-4-2-1-3-5-7/h7H,1-5H2,(H,8,9). The van der Waals surface area contributed by atoms with Gasteiger partial charge in [0.1, 0.15) is 0 Å². The maximum absolute atomic E-state index is 11.2. The highest BCUT2D eigenvalue weighted by molar-refractivity contribution is 7.90. The van der Waals surface area contributed by atoms with Crippen LogP contribution in [0.4, 0.5) is 0 Å². The molecule has 0 spiro atoms. The molecule has 1 fully saturated rings. The van der Waals surface area contributed by atoms with Gasteiger partial charge in [-0.15, -0.1) is 0 Å². The maximum atomic E-state index is 11.2. The number of nitrogens with one attached hydrogen (secondary N) is 1. The summed E-state index contributed by atoms with van der Waals surface area (Å²) in [6.45, 7) is 0. The Morgan fingerprint density at radius 1 is 1.17 bits per heavy atom. The molecule has 69 valence electrons. The smallest absolute Gasteiger partial charge is 0.263 e. The number of hydrogen-bond acceptors (Lipinski definition) is 3. The van der Waals surface area contributed by atoms with E-state index < -0.39 is 10.0 Å². The van der Waals surface area contributed by atoms with Gasteiger partial charge in [0.25, 0.3) is 0 Å². The Morgan fingerprint density at radius 3 is 2.25 bits per heavy atom. The number of amides is 1. The van der Waals surface area contributed by atoms with Crippen LogP contribution in [0.1, 0.15) is 32.1 Å². The molecule has 1 aliphatic rings.